The molecular formula is C21H36N6O2S. The largest absolute Gasteiger partial charge is 0.370 e. The maximum absolute atomic E-state index is 13.2. The lowest BCUT2D eigenvalue weighted by Crippen LogP contribution is -2.51. The molecule has 0 aliphatic carbocycles. The lowest BCUT2D eigenvalue weighted by atomic mass is 9.97. The van der Waals surface area contributed by atoms with E-state index in [-0.39, 0.29) is 5.91 Å². The van der Waals surface area contributed by atoms with E-state index in [4.69, 9.17) is 0 Å². The summed E-state index contributed by atoms with van der Waals surface area (Å²) in [4.78, 5) is 26.6. The van der Waals surface area contributed by atoms with Gasteiger partial charge in [-0.3, -0.25) is 4.79 Å². The summed E-state index contributed by atoms with van der Waals surface area (Å²) in [6, 6.07) is 0.932. The van der Waals surface area contributed by atoms with Crippen LogP contribution in [0.3, 0.4) is 0 Å². The van der Waals surface area contributed by atoms with E-state index >= 15 is 0 Å². The Morgan fingerprint density at radius 1 is 1.13 bits per heavy atom. The van der Waals surface area contributed by atoms with Gasteiger partial charge in [0.2, 0.25) is 0 Å². The minimum absolute atomic E-state index is 0.0151. The zero-order valence-corrected chi connectivity index (χ0v) is 19.8. The Bertz CT molecular complexity index is 773. The Labute approximate surface area is 183 Å². The van der Waals surface area contributed by atoms with Gasteiger partial charge in [0.05, 0.1) is 11.0 Å². The van der Waals surface area contributed by atoms with Crippen LogP contribution in [0.15, 0.2) is 0 Å². The molecule has 30 heavy (non-hydrogen) atoms. The van der Waals surface area contributed by atoms with Crippen molar-refractivity contribution in [2.24, 2.45) is 0 Å². The molecule has 2 aliphatic rings. The van der Waals surface area contributed by atoms with Crippen LogP contribution in [-0.4, -0.2) is 92.3 Å². The molecule has 2 saturated heterocycles. The van der Waals surface area contributed by atoms with Gasteiger partial charge in [0.15, 0.2) is 0 Å². The second-order valence-electron chi connectivity index (χ2n) is 8.38. The highest BCUT2D eigenvalue weighted by molar-refractivity contribution is 7.81. The fraction of sp³-hybridized carbons (Fsp3) is 0.762. The Hall–Kier alpha value is -1.58. The fourth-order valence-corrected chi connectivity index (χ4v) is 5.22. The van der Waals surface area contributed by atoms with Crippen molar-refractivity contribution in [3.63, 3.8) is 0 Å². The third-order valence-electron chi connectivity index (χ3n) is 6.49. The zero-order valence-electron chi connectivity index (χ0n) is 19.0. The third kappa shape index (κ3) is 5.18. The van der Waals surface area contributed by atoms with Crippen LogP contribution >= 0.6 is 0 Å². The van der Waals surface area contributed by atoms with Gasteiger partial charge in [0.1, 0.15) is 17.3 Å². The van der Waals surface area contributed by atoms with E-state index in [0.717, 1.165) is 69.8 Å². The van der Waals surface area contributed by atoms with E-state index in [1.807, 2.05) is 37.0 Å². The number of amides is 1. The summed E-state index contributed by atoms with van der Waals surface area (Å²) in [7, 11) is 1.05. The molecule has 3 heterocycles. The first-order chi connectivity index (χ1) is 14.3. The molecule has 1 atom stereocenters. The van der Waals surface area contributed by atoms with Crippen LogP contribution in [-0.2, 0) is 11.0 Å². The average Bonchev–Trinajstić information content (AvgIpc) is 2.75. The topological polar surface area (TPSA) is 81.7 Å². The van der Waals surface area contributed by atoms with E-state index in [2.05, 4.69) is 20.2 Å². The van der Waals surface area contributed by atoms with Gasteiger partial charge >= 0.3 is 0 Å². The van der Waals surface area contributed by atoms with Crippen molar-refractivity contribution in [1.82, 2.24) is 24.1 Å². The molecule has 1 N–H and O–H groups in total. The van der Waals surface area contributed by atoms with E-state index in [9.17, 15) is 9.00 Å². The Morgan fingerprint density at radius 2 is 1.77 bits per heavy atom. The van der Waals surface area contributed by atoms with E-state index in [0.29, 0.717) is 23.6 Å². The molecular weight excluding hydrogens is 400 g/mol. The molecule has 1 aromatic rings. The normalized spacial score (nSPS) is 20.5. The van der Waals surface area contributed by atoms with Gasteiger partial charge in [-0.25, -0.2) is 18.5 Å². The third-order valence-corrected chi connectivity index (χ3v) is 7.60. The van der Waals surface area contributed by atoms with Crippen LogP contribution in [0, 0.1) is 13.8 Å². The molecule has 0 aromatic carbocycles. The second kappa shape index (κ2) is 10.2. The fourth-order valence-electron chi connectivity index (χ4n) is 4.58. The number of aryl methyl sites for hydroxylation is 1. The van der Waals surface area contributed by atoms with E-state index in [1.165, 1.54) is 0 Å². The number of nitrogens with zero attached hydrogens (tertiary/aromatic N) is 5. The number of hydrogen-bond donors (Lipinski definition) is 1. The van der Waals surface area contributed by atoms with Crippen LogP contribution < -0.4 is 5.32 Å². The Kier molecular flexibility index (Phi) is 7.81. The van der Waals surface area contributed by atoms with Crippen LogP contribution in [0.25, 0.3) is 0 Å². The number of piperidine rings is 2. The van der Waals surface area contributed by atoms with Gasteiger partial charge in [-0.15, -0.1) is 0 Å². The van der Waals surface area contributed by atoms with Crippen LogP contribution in [0.5, 0.6) is 0 Å². The number of hydrogen-bond acceptors (Lipinski definition) is 6. The predicted octanol–water partition coefficient (Wildman–Crippen LogP) is 1.82. The van der Waals surface area contributed by atoms with Gasteiger partial charge in [0, 0.05) is 50.6 Å². The number of carbonyl (C=O) groups excluding carboxylic acids is 1. The van der Waals surface area contributed by atoms with Crippen LogP contribution in [0.2, 0.25) is 0 Å². The first-order valence-corrected chi connectivity index (χ1v) is 12.5. The molecule has 2 fully saturated rings. The van der Waals surface area contributed by atoms with Crippen molar-refractivity contribution < 1.29 is 9.00 Å². The molecule has 168 valence electrons. The smallest absolute Gasteiger partial charge is 0.272 e. The van der Waals surface area contributed by atoms with Gasteiger partial charge in [-0.05, 0) is 59.5 Å². The highest BCUT2D eigenvalue weighted by Crippen LogP contribution is 2.25. The van der Waals surface area contributed by atoms with Crippen molar-refractivity contribution in [3.8, 4) is 0 Å². The molecule has 0 radical (unpaired) electrons. The predicted molar refractivity (Wildman–Crippen MR) is 121 cm³/mol. The van der Waals surface area contributed by atoms with Crippen LogP contribution in [0.4, 0.5) is 5.82 Å². The number of likely N-dealkylation sites (tertiary alicyclic amines) is 2. The molecule has 9 heteroatoms. The second-order valence-corrected chi connectivity index (χ2v) is 9.81. The maximum Gasteiger partial charge on any atom is 0.272 e. The summed E-state index contributed by atoms with van der Waals surface area (Å²) < 4.78 is 13.7. The van der Waals surface area contributed by atoms with Gasteiger partial charge < -0.3 is 15.1 Å². The molecule has 1 aromatic heterocycles. The van der Waals surface area contributed by atoms with Crippen molar-refractivity contribution >= 4 is 22.7 Å². The summed E-state index contributed by atoms with van der Waals surface area (Å²) in [6.45, 7) is 10.1. The van der Waals surface area contributed by atoms with Crippen molar-refractivity contribution in [3.05, 3.63) is 17.1 Å². The summed E-state index contributed by atoms with van der Waals surface area (Å²) >= 11 is 0. The van der Waals surface area contributed by atoms with Crippen LogP contribution in [0.1, 0.15) is 54.5 Å². The number of nitrogens with one attached hydrogen (secondary N) is 1. The number of carbonyl (C=O) groups is 1. The highest BCUT2D eigenvalue weighted by Gasteiger charge is 2.32. The average molecular weight is 437 g/mol. The summed E-state index contributed by atoms with van der Waals surface area (Å²) in [5, 5.41) is 3.23. The van der Waals surface area contributed by atoms with Gasteiger partial charge in [-0.1, -0.05) is 0 Å². The summed E-state index contributed by atoms with van der Waals surface area (Å²) in [5.74, 6) is 1.39. The molecule has 0 saturated carbocycles. The molecule has 3 rings (SSSR count). The maximum atomic E-state index is 13.2. The number of anilines is 1. The van der Waals surface area contributed by atoms with Crippen molar-refractivity contribution in [2.75, 3.05) is 51.3 Å². The lowest BCUT2D eigenvalue weighted by Gasteiger charge is -2.43. The molecule has 1 amide bonds. The monoisotopic (exact) mass is 436 g/mol. The molecule has 0 bridgehead atoms. The quantitative estimate of drug-likeness (QED) is 0.733. The number of rotatable bonds is 6. The molecule has 8 nitrogen and oxygen atoms in total. The minimum atomic E-state index is -0.903. The molecule has 2 aliphatic heterocycles. The molecule has 1 unspecified atom stereocenters. The highest BCUT2D eigenvalue weighted by atomic mass is 32.2. The molecule has 0 spiro atoms. The van der Waals surface area contributed by atoms with Crippen molar-refractivity contribution in [2.45, 2.75) is 58.5 Å². The summed E-state index contributed by atoms with van der Waals surface area (Å²) in [6.07, 6.45) is 5.86. The first kappa shape index (κ1) is 23.1. The van der Waals surface area contributed by atoms with Gasteiger partial charge in [-0.2, -0.15) is 0 Å². The Balaban J connectivity index is 1.56. The Morgan fingerprint density at radius 3 is 2.33 bits per heavy atom. The van der Waals surface area contributed by atoms with Gasteiger partial charge in [0.25, 0.3) is 5.91 Å². The minimum Gasteiger partial charge on any atom is -0.370 e. The first-order valence-electron chi connectivity index (χ1n) is 11.0. The lowest BCUT2D eigenvalue weighted by molar-refractivity contribution is 0.0544. The number of aromatic nitrogens is 2. The summed E-state index contributed by atoms with van der Waals surface area (Å²) in [5.41, 5.74) is 1.35. The van der Waals surface area contributed by atoms with E-state index in [1.54, 1.807) is 6.26 Å². The van der Waals surface area contributed by atoms with E-state index < -0.39 is 11.0 Å². The SMILES string of the molecule is CCNc1nc(C)nc(C(=O)N2CCC(N3CCC(N(C)S(C)=O)CC3)CC2)c1C. The van der Waals surface area contributed by atoms with Crippen molar-refractivity contribution in [1.29, 1.82) is 0 Å². The standard InChI is InChI=1S/C21H36N6O2S/c1-6-22-20-15(2)19(23-16(3)24-20)21(28)27-13-9-18(10-14-27)26-11-7-17(8-12-26)25(4)30(5)29/h17-18H,6-14H2,1-5H3,(H,22,23,24). The zero-order chi connectivity index (χ0) is 21.8.